The molecular formula is C16H21N5O. The molecule has 0 spiro atoms. The van der Waals surface area contributed by atoms with Crippen molar-refractivity contribution in [2.24, 2.45) is 0 Å². The van der Waals surface area contributed by atoms with Crippen molar-refractivity contribution in [3.8, 4) is 0 Å². The van der Waals surface area contributed by atoms with Crippen molar-refractivity contribution in [1.29, 1.82) is 0 Å². The van der Waals surface area contributed by atoms with Crippen LogP contribution in [-0.2, 0) is 11.2 Å². The van der Waals surface area contributed by atoms with Gasteiger partial charge < -0.3 is 10.2 Å². The third-order valence-electron chi connectivity index (χ3n) is 3.51. The number of amides is 1. The molecule has 2 heterocycles. The van der Waals surface area contributed by atoms with E-state index in [0.717, 1.165) is 17.8 Å². The Morgan fingerprint density at radius 1 is 1.27 bits per heavy atom. The molecule has 1 unspecified atom stereocenters. The molecule has 1 amide bonds. The predicted molar refractivity (Wildman–Crippen MR) is 85.3 cm³/mol. The van der Waals surface area contributed by atoms with E-state index in [4.69, 9.17) is 0 Å². The minimum absolute atomic E-state index is 0.00782. The van der Waals surface area contributed by atoms with Gasteiger partial charge >= 0.3 is 0 Å². The molecule has 0 saturated heterocycles. The molecule has 2 aromatic rings. The summed E-state index contributed by atoms with van der Waals surface area (Å²) in [6.07, 6.45) is 9.71. The third-order valence-corrected chi connectivity index (χ3v) is 3.51. The summed E-state index contributed by atoms with van der Waals surface area (Å²) >= 11 is 0. The highest BCUT2D eigenvalue weighted by atomic mass is 16.1. The zero-order chi connectivity index (χ0) is 15.8. The third kappa shape index (κ3) is 5.21. The second-order valence-corrected chi connectivity index (χ2v) is 5.27. The number of hydrogen-bond acceptors (Lipinski definition) is 5. The number of likely N-dealkylation sites (N-methyl/N-ethyl adjacent to an activating group) is 1. The van der Waals surface area contributed by atoms with Crippen LogP contribution in [0, 0.1) is 0 Å². The van der Waals surface area contributed by atoms with Crippen LogP contribution in [0.3, 0.4) is 0 Å². The fraction of sp³-hybridized carbons (Fsp3) is 0.375. The van der Waals surface area contributed by atoms with Crippen LogP contribution in [0.4, 0.5) is 5.69 Å². The Morgan fingerprint density at radius 2 is 2.09 bits per heavy atom. The summed E-state index contributed by atoms with van der Waals surface area (Å²) in [5.41, 5.74) is 1.68. The molecule has 6 heteroatoms. The first kappa shape index (κ1) is 16.0. The van der Waals surface area contributed by atoms with Crippen molar-refractivity contribution >= 4 is 11.6 Å². The standard InChI is InChI=1S/C16H21N5O/c1-13(10-15-12-18-7-8-19-15)21(2)9-5-16(22)20-14-4-3-6-17-11-14/h3-4,6-8,11-13H,5,9-10H2,1-2H3,(H,20,22). The van der Waals surface area contributed by atoms with Gasteiger partial charge in [-0.15, -0.1) is 0 Å². The van der Waals surface area contributed by atoms with Crippen LogP contribution in [0.1, 0.15) is 19.0 Å². The van der Waals surface area contributed by atoms with Crippen molar-refractivity contribution < 1.29 is 4.79 Å². The average molecular weight is 299 g/mol. The van der Waals surface area contributed by atoms with Crippen LogP contribution in [0.25, 0.3) is 0 Å². The topological polar surface area (TPSA) is 71.0 Å². The number of nitrogens with one attached hydrogen (secondary N) is 1. The van der Waals surface area contributed by atoms with Gasteiger partial charge in [0.1, 0.15) is 0 Å². The number of anilines is 1. The quantitative estimate of drug-likeness (QED) is 0.843. The van der Waals surface area contributed by atoms with Gasteiger partial charge in [0.25, 0.3) is 0 Å². The number of carbonyl (C=O) groups excluding carboxylic acids is 1. The van der Waals surface area contributed by atoms with Crippen LogP contribution >= 0.6 is 0 Å². The summed E-state index contributed by atoms with van der Waals surface area (Å²) in [6.45, 7) is 2.81. The molecule has 0 aliphatic heterocycles. The van der Waals surface area contributed by atoms with E-state index < -0.39 is 0 Å². The van der Waals surface area contributed by atoms with Crippen molar-refractivity contribution in [3.63, 3.8) is 0 Å². The molecule has 2 aromatic heterocycles. The molecule has 22 heavy (non-hydrogen) atoms. The Balaban J connectivity index is 1.74. The maximum atomic E-state index is 11.9. The first-order chi connectivity index (χ1) is 10.6. The monoisotopic (exact) mass is 299 g/mol. The van der Waals surface area contributed by atoms with Gasteiger partial charge in [0, 0.05) is 50.2 Å². The molecular weight excluding hydrogens is 278 g/mol. The molecule has 0 fully saturated rings. The lowest BCUT2D eigenvalue weighted by Crippen LogP contribution is -2.33. The van der Waals surface area contributed by atoms with Crippen LogP contribution in [0.2, 0.25) is 0 Å². The minimum Gasteiger partial charge on any atom is -0.325 e. The first-order valence-corrected chi connectivity index (χ1v) is 7.30. The van der Waals surface area contributed by atoms with Gasteiger partial charge in [-0.1, -0.05) is 0 Å². The molecule has 2 rings (SSSR count). The van der Waals surface area contributed by atoms with E-state index >= 15 is 0 Å². The lowest BCUT2D eigenvalue weighted by atomic mass is 10.1. The van der Waals surface area contributed by atoms with Crippen molar-refractivity contribution in [1.82, 2.24) is 19.9 Å². The number of pyridine rings is 1. The molecule has 0 radical (unpaired) electrons. The maximum Gasteiger partial charge on any atom is 0.225 e. The molecule has 0 saturated carbocycles. The number of rotatable bonds is 7. The summed E-state index contributed by atoms with van der Waals surface area (Å²) in [6, 6.07) is 3.92. The van der Waals surface area contributed by atoms with Crippen molar-refractivity contribution in [2.45, 2.75) is 25.8 Å². The zero-order valence-electron chi connectivity index (χ0n) is 12.9. The lowest BCUT2D eigenvalue weighted by molar-refractivity contribution is -0.116. The van der Waals surface area contributed by atoms with E-state index in [-0.39, 0.29) is 5.91 Å². The average Bonchev–Trinajstić information content (AvgIpc) is 2.54. The molecule has 0 aromatic carbocycles. The molecule has 0 bridgehead atoms. The van der Waals surface area contributed by atoms with Crippen molar-refractivity contribution in [2.75, 3.05) is 18.9 Å². The van der Waals surface area contributed by atoms with Gasteiger partial charge in [0.2, 0.25) is 5.91 Å². The van der Waals surface area contributed by atoms with Crippen LogP contribution < -0.4 is 5.32 Å². The van der Waals surface area contributed by atoms with E-state index in [1.165, 1.54) is 0 Å². The molecule has 1 N–H and O–H groups in total. The van der Waals surface area contributed by atoms with Crippen molar-refractivity contribution in [3.05, 3.63) is 48.8 Å². The number of carbonyl (C=O) groups is 1. The summed E-state index contributed by atoms with van der Waals surface area (Å²) in [4.78, 5) is 26.4. The van der Waals surface area contributed by atoms with Gasteiger partial charge in [0.05, 0.1) is 17.6 Å². The molecule has 1 atom stereocenters. The predicted octanol–water partition coefficient (Wildman–Crippen LogP) is 1.76. The Bertz CT molecular complexity index is 576. The van der Waals surface area contributed by atoms with E-state index in [2.05, 4.69) is 32.1 Å². The SMILES string of the molecule is CC(Cc1cnccn1)N(C)CCC(=O)Nc1cccnc1. The van der Waals surface area contributed by atoms with E-state index in [9.17, 15) is 4.79 Å². The number of hydrogen-bond donors (Lipinski definition) is 1. The summed E-state index contributed by atoms with van der Waals surface area (Å²) in [7, 11) is 2.01. The summed E-state index contributed by atoms with van der Waals surface area (Å²) in [5.74, 6) is -0.00782. The second-order valence-electron chi connectivity index (χ2n) is 5.27. The maximum absolute atomic E-state index is 11.9. The molecule has 116 valence electrons. The highest BCUT2D eigenvalue weighted by Crippen LogP contribution is 2.06. The number of aromatic nitrogens is 3. The highest BCUT2D eigenvalue weighted by Gasteiger charge is 2.12. The summed E-state index contributed by atoms with van der Waals surface area (Å²) < 4.78 is 0. The van der Waals surface area contributed by atoms with Gasteiger partial charge in [-0.25, -0.2) is 0 Å². The highest BCUT2D eigenvalue weighted by molar-refractivity contribution is 5.90. The fourth-order valence-corrected chi connectivity index (χ4v) is 2.05. The Morgan fingerprint density at radius 3 is 2.77 bits per heavy atom. The minimum atomic E-state index is -0.00782. The first-order valence-electron chi connectivity index (χ1n) is 7.30. The van der Waals surface area contributed by atoms with Crippen LogP contribution in [0.5, 0.6) is 0 Å². The van der Waals surface area contributed by atoms with Gasteiger partial charge in [-0.05, 0) is 26.1 Å². The molecule has 0 aliphatic carbocycles. The smallest absolute Gasteiger partial charge is 0.225 e. The lowest BCUT2D eigenvalue weighted by Gasteiger charge is -2.24. The summed E-state index contributed by atoms with van der Waals surface area (Å²) in [5, 5.41) is 2.84. The largest absolute Gasteiger partial charge is 0.325 e. The van der Waals surface area contributed by atoms with Crippen LogP contribution in [-0.4, -0.2) is 45.4 Å². The van der Waals surface area contributed by atoms with E-state index in [1.54, 1.807) is 37.1 Å². The Labute approximate surface area is 130 Å². The Kier molecular flexibility index (Phi) is 5.97. The van der Waals surface area contributed by atoms with Gasteiger partial charge in [-0.3, -0.25) is 19.7 Å². The molecule has 6 nitrogen and oxygen atoms in total. The van der Waals surface area contributed by atoms with Gasteiger partial charge in [0.15, 0.2) is 0 Å². The van der Waals surface area contributed by atoms with Gasteiger partial charge in [-0.2, -0.15) is 0 Å². The number of nitrogens with zero attached hydrogens (tertiary/aromatic N) is 4. The Hall–Kier alpha value is -2.34. The van der Waals surface area contributed by atoms with Crippen LogP contribution in [0.15, 0.2) is 43.1 Å². The van der Waals surface area contributed by atoms with E-state index in [1.807, 2.05) is 13.1 Å². The fourth-order valence-electron chi connectivity index (χ4n) is 2.05. The van der Waals surface area contributed by atoms with E-state index in [0.29, 0.717) is 19.0 Å². The second kappa shape index (κ2) is 8.19. The molecule has 0 aliphatic rings. The normalized spacial score (nSPS) is 12.1. The zero-order valence-corrected chi connectivity index (χ0v) is 12.9.